The number of aromatic nitrogens is 1. The Morgan fingerprint density at radius 1 is 1.25 bits per heavy atom. The average Bonchev–Trinajstić information content (AvgIpc) is 2.29. The van der Waals surface area contributed by atoms with Gasteiger partial charge in [0.1, 0.15) is 5.75 Å². The predicted octanol–water partition coefficient (Wildman–Crippen LogP) is 2.65. The standard InChI is InChI=1S/C13H14N2O/c1-9-7-10(3-4-13(9)16-2)11-5-6-15-8-12(11)14/h3-8H,14H2,1-2H3. The lowest BCUT2D eigenvalue weighted by molar-refractivity contribution is 0.412. The summed E-state index contributed by atoms with van der Waals surface area (Å²) in [6.45, 7) is 2.01. The first-order chi connectivity index (χ1) is 7.72. The Labute approximate surface area is 94.9 Å². The first-order valence-electron chi connectivity index (χ1n) is 5.07. The molecule has 0 aliphatic heterocycles. The summed E-state index contributed by atoms with van der Waals surface area (Å²) in [6, 6.07) is 7.92. The van der Waals surface area contributed by atoms with Crippen molar-refractivity contribution in [2.75, 3.05) is 12.8 Å². The van der Waals surface area contributed by atoms with E-state index in [9.17, 15) is 0 Å². The van der Waals surface area contributed by atoms with Crippen LogP contribution in [0.15, 0.2) is 36.7 Å². The van der Waals surface area contributed by atoms with Crippen LogP contribution < -0.4 is 10.5 Å². The number of hydrogen-bond acceptors (Lipinski definition) is 3. The summed E-state index contributed by atoms with van der Waals surface area (Å²) in [6.07, 6.45) is 3.40. The second-order valence-electron chi connectivity index (χ2n) is 3.65. The van der Waals surface area contributed by atoms with Crippen LogP contribution in [0.2, 0.25) is 0 Å². The van der Waals surface area contributed by atoms with Gasteiger partial charge in [-0.15, -0.1) is 0 Å². The Kier molecular flexibility index (Phi) is 2.77. The number of hydrogen-bond donors (Lipinski definition) is 1. The maximum atomic E-state index is 5.88. The maximum Gasteiger partial charge on any atom is 0.121 e. The van der Waals surface area contributed by atoms with Crippen molar-refractivity contribution in [1.29, 1.82) is 0 Å². The number of nitrogens with zero attached hydrogens (tertiary/aromatic N) is 1. The van der Waals surface area contributed by atoms with Crippen molar-refractivity contribution >= 4 is 5.69 Å². The minimum Gasteiger partial charge on any atom is -0.496 e. The minimum atomic E-state index is 0.687. The molecule has 2 aromatic rings. The minimum absolute atomic E-state index is 0.687. The van der Waals surface area contributed by atoms with Crippen LogP contribution in [0.1, 0.15) is 5.56 Å². The summed E-state index contributed by atoms with van der Waals surface area (Å²) in [5.41, 5.74) is 9.74. The predicted molar refractivity (Wildman–Crippen MR) is 65.4 cm³/mol. The Morgan fingerprint density at radius 2 is 2.06 bits per heavy atom. The van der Waals surface area contributed by atoms with E-state index >= 15 is 0 Å². The largest absolute Gasteiger partial charge is 0.496 e. The molecule has 2 N–H and O–H groups in total. The van der Waals surface area contributed by atoms with Gasteiger partial charge in [0.15, 0.2) is 0 Å². The van der Waals surface area contributed by atoms with E-state index < -0.39 is 0 Å². The smallest absolute Gasteiger partial charge is 0.121 e. The SMILES string of the molecule is COc1ccc(-c2ccncc2N)cc1C. The Bertz CT molecular complexity index is 509. The summed E-state index contributed by atoms with van der Waals surface area (Å²) in [4.78, 5) is 3.98. The summed E-state index contributed by atoms with van der Waals surface area (Å²) in [5, 5.41) is 0. The zero-order valence-corrected chi connectivity index (χ0v) is 9.40. The van der Waals surface area contributed by atoms with Crippen LogP contribution in [0, 0.1) is 6.92 Å². The normalized spacial score (nSPS) is 10.1. The van der Waals surface area contributed by atoms with Crippen LogP contribution in [0.5, 0.6) is 5.75 Å². The number of nitrogen functional groups attached to an aromatic ring is 1. The van der Waals surface area contributed by atoms with Crippen LogP contribution in [-0.4, -0.2) is 12.1 Å². The molecule has 1 aromatic heterocycles. The number of nitrogens with two attached hydrogens (primary N) is 1. The van der Waals surface area contributed by atoms with Crippen molar-refractivity contribution in [3.8, 4) is 16.9 Å². The van der Waals surface area contributed by atoms with E-state index in [0.717, 1.165) is 22.4 Å². The highest BCUT2D eigenvalue weighted by Gasteiger charge is 2.04. The number of aryl methyl sites for hydroxylation is 1. The van der Waals surface area contributed by atoms with E-state index in [1.165, 1.54) is 0 Å². The first-order valence-corrected chi connectivity index (χ1v) is 5.07. The van der Waals surface area contributed by atoms with Gasteiger partial charge in [-0.1, -0.05) is 6.07 Å². The molecule has 2 rings (SSSR count). The third-order valence-corrected chi connectivity index (χ3v) is 2.56. The fourth-order valence-electron chi connectivity index (χ4n) is 1.72. The van der Waals surface area contributed by atoms with Gasteiger partial charge in [0.2, 0.25) is 0 Å². The molecular formula is C13H14N2O. The Morgan fingerprint density at radius 3 is 2.69 bits per heavy atom. The lowest BCUT2D eigenvalue weighted by Crippen LogP contribution is -1.92. The fraction of sp³-hybridized carbons (Fsp3) is 0.154. The number of pyridine rings is 1. The quantitative estimate of drug-likeness (QED) is 0.836. The van der Waals surface area contributed by atoms with E-state index in [1.54, 1.807) is 19.5 Å². The monoisotopic (exact) mass is 214 g/mol. The van der Waals surface area contributed by atoms with Crippen LogP contribution in [0.25, 0.3) is 11.1 Å². The van der Waals surface area contributed by atoms with Crippen molar-refractivity contribution in [2.24, 2.45) is 0 Å². The number of anilines is 1. The van der Waals surface area contributed by atoms with Crippen molar-refractivity contribution in [1.82, 2.24) is 4.98 Å². The number of ether oxygens (including phenoxy) is 1. The van der Waals surface area contributed by atoms with Crippen LogP contribution in [0.4, 0.5) is 5.69 Å². The molecule has 0 amide bonds. The lowest BCUT2D eigenvalue weighted by atomic mass is 10.0. The van der Waals surface area contributed by atoms with Crippen LogP contribution in [-0.2, 0) is 0 Å². The molecule has 0 saturated heterocycles. The van der Waals surface area contributed by atoms with Gasteiger partial charge in [-0.25, -0.2) is 0 Å². The third kappa shape index (κ3) is 1.84. The zero-order valence-electron chi connectivity index (χ0n) is 9.40. The van der Waals surface area contributed by atoms with E-state index in [2.05, 4.69) is 11.1 Å². The van der Waals surface area contributed by atoms with E-state index in [0.29, 0.717) is 5.69 Å². The summed E-state index contributed by atoms with van der Waals surface area (Å²) in [5.74, 6) is 0.886. The highest BCUT2D eigenvalue weighted by Crippen LogP contribution is 2.28. The zero-order chi connectivity index (χ0) is 11.5. The second-order valence-corrected chi connectivity index (χ2v) is 3.65. The van der Waals surface area contributed by atoms with Gasteiger partial charge in [-0.05, 0) is 36.2 Å². The molecule has 0 aliphatic carbocycles. The number of rotatable bonds is 2. The molecule has 0 bridgehead atoms. The topological polar surface area (TPSA) is 48.1 Å². The van der Waals surface area contributed by atoms with Gasteiger partial charge < -0.3 is 10.5 Å². The molecule has 16 heavy (non-hydrogen) atoms. The molecule has 0 spiro atoms. The van der Waals surface area contributed by atoms with Crippen molar-refractivity contribution < 1.29 is 4.74 Å². The third-order valence-electron chi connectivity index (χ3n) is 2.56. The molecular weight excluding hydrogens is 200 g/mol. The molecule has 82 valence electrons. The van der Waals surface area contributed by atoms with E-state index in [4.69, 9.17) is 10.5 Å². The summed E-state index contributed by atoms with van der Waals surface area (Å²) >= 11 is 0. The molecule has 0 fully saturated rings. The van der Waals surface area contributed by atoms with Gasteiger partial charge in [-0.2, -0.15) is 0 Å². The first kappa shape index (κ1) is 10.5. The van der Waals surface area contributed by atoms with Crippen molar-refractivity contribution in [3.63, 3.8) is 0 Å². The van der Waals surface area contributed by atoms with E-state index in [-0.39, 0.29) is 0 Å². The van der Waals surface area contributed by atoms with Crippen LogP contribution in [0.3, 0.4) is 0 Å². The van der Waals surface area contributed by atoms with Crippen LogP contribution >= 0.6 is 0 Å². The van der Waals surface area contributed by atoms with Gasteiger partial charge in [0.05, 0.1) is 19.0 Å². The molecule has 0 unspecified atom stereocenters. The second kappa shape index (κ2) is 4.23. The van der Waals surface area contributed by atoms with Crippen molar-refractivity contribution in [3.05, 3.63) is 42.2 Å². The summed E-state index contributed by atoms with van der Waals surface area (Å²) < 4.78 is 5.22. The Balaban J connectivity index is 2.50. The molecule has 0 aliphatic rings. The molecule has 0 saturated carbocycles. The molecule has 0 atom stereocenters. The molecule has 3 nitrogen and oxygen atoms in total. The summed E-state index contributed by atoms with van der Waals surface area (Å²) in [7, 11) is 1.67. The van der Waals surface area contributed by atoms with Gasteiger partial charge in [0, 0.05) is 11.8 Å². The van der Waals surface area contributed by atoms with Gasteiger partial charge >= 0.3 is 0 Å². The molecule has 1 heterocycles. The van der Waals surface area contributed by atoms with Gasteiger partial charge in [0.25, 0.3) is 0 Å². The maximum absolute atomic E-state index is 5.88. The van der Waals surface area contributed by atoms with E-state index in [1.807, 2.05) is 25.1 Å². The highest BCUT2D eigenvalue weighted by atomic mass is 16.5. The fourth-order valence-corrected chi connectivity index (χ4v) is 1.72. The van der Waals surface area contributed by atoms with Gasteiger partial charge in [-0.3, -0.25) is 4.98 Å². The molecule has 0 radical (unpaired) electrons. The highest BCUT2D eigenvalue weighted by molar-refractivity contribution is 5.76. The molecule has 1 aromatic carbocycles. The lowest BCUT2D eigenvalue weighted by Gasteiger charge is -2.09. The van der Waals surface area contributed by atoms with Crippen molar-refractivity contribution in [2.45, 2.75) is 6.92 Å². The number of methoxy groups -OCH3 is 1. The Hall–Kier alpha value is -2.03. The average molecular weight is 214 g/mol. The molecule has 3 heteroatoms. The number of benzene rings is 1.